The van der Waals surface area contributed by atoms with Gasteiger partial charge in [-0.1, -0.05) is 41.9 Å². The summed E-state index contributed by atoms with van der Waals surface area (Å²) < 4.78 is 31.8. The molecule has 0 aromatic heterocycles. The van der Waals surface area contributed by atoms with Crippen molar-refractivity contribution in [3.63, 3.8) is 0 Å². The third kappa shape index (κ3) is 6.48. The Hall–Kier alpha value is -3.03. The molecule has 0 radical (unpaired) electrons. The van der Waals surface area contributed by atoms with Gasteiger partial charge in [0, 0.05) is 11.6 Å². The molecule has 0 fully saturated rings. The summed E-state index contributed by atoms with van der Waals surface area (Å²) in [5, 5.41) is 3.46. The van der Waals surface area contributed by atoms with Crippen LogP contribution in [-0.2, 0) is 21.2 Å². The lowest BCUT2D eigenvalue weighted by Crippen LogP contribution is -2.48. The van der Waals surface area contributed by atoms with Crippen LogP contribution in [0.2, 0.25) is 5.02 Å². The topological polar surface area (TPSA) is 75.7 Å². The highest BCUT2D eigenvalue weighted by Crippen LogP contribution is 2.27. The molecule has 1 N–H and O–H groups in total. The first-order valence-corrected chi connectivity index (χ1v) is 12.3. The molecule has 0 unspecified atom stereocenters. The number of hydrogen-bond acceptors (Lipinski definition) is 4. The number of carbonyl (C=O) groups is 1. The summed E-state index contributed by atoms with van der Waals surface area (Å²) in [6.45, 7) is 1.94. The number of carbonyl (C=O) groups excluding carboxylic acids is 1. The second-order valence-electron chi connectivity index (χ2n) is 7.31. The van der Waals surface area contributed by atoms with Gasteiger partial charge in [0.2, 0.25) is 15.9 Å². The zero-order valence-electron chi connectivity index (χ0n) is 17.9. The van der Waals surface area contributed by atoms with Gasteiger partial charge >= 0.3 is 0 Å². The Labute approximate surface area is 193 Å². The highest BCUT2D eigenvalue weighted by Gasteiger charge is 2.29. The molecular weight excluding hydrogens is 448 g/mol. The fourth-order valence-electron chi connectivity index (χ4n) is 3.22. The van der Waals surface area contributed by atoms with E-state index < -0.39 is 16.1 Å². The number of sulfonamides is 1. The van der Waals surface area contributed by atoms with E-state index in [0.29, 0.717) is 35.2 Å². The molecule has 3 aromatic carbocycles. The van der Waals surface area contributed by atoms with Crippen LogP contribution >= 0.6 is 11.6 Å². The zero-order valence-corrected chi connectivity index (χ0v) is 19.4. The average molecular weight is 473 g/mol. The Morgan fingerprint density at radius 1 is 0.969 bits per heavy atom. The summed E-state index contributed by atoms with van der Waals surface area (Å²) in [4.78, 5) is 12.7. The molecule has 0 saturated carbocycles. The summed E-state index contributed by atoms with van der Waals surface area (Å²) in [6.07, 6.45) is 1.69. The summed E-state index contributed by atoms with van der Waals surface area (Å²) in [7, 11) is -3.70. The highest BCUT2D eigenvalue weighted by molar-refractivity contribution is 7.92. The molecule has 6 nitrogen and oxygen atoms in total. The molecule has 3 rings (SSSR count). The molecular formula is C24H25ClN2O4S. The number of rotatable bonds is 9. The van der Waals surface area contributed by atoms with Gasteiger partial charge in [-0.2, -0.15) is 0 Å². The number of para-hydroxylation sites is 1. The van der Waals surface area contributed by atoms with Crippen molar-refractivity contribution in [2.24, 2.45) is 0 Å². The van der Waals surface area contributed by atoms with E-state index in [4.69, 9.17) is 16.3 Å². The predicted octanol–water partition coefficient (Wildman–Crippen LogP) is 4.65. The third-order valence-corrected chi connectivity index (χ3v) is 6.28. The van der Waals surface area contributed by atoms with Crippen molar-refractivity contribution < 1.29 is 17.9 Å². The van der Waals surface area contributed by atoms with Crippen LogP contribution in [0.3, 0.4) is 0 Å². The molecule has 0 saturated heterocycles. The first-order valence-electron chi connectivity index (χ1n) is 10.1. The summed E-state index contributed by atoms with van der Waals surface area (Å²) >= 11 is 5.88. The Morgan fingerprint density at radius 2 is 1.56 bits per heavy atom. The third-order valence-electron chi connectivity index (χ3n) is 4.78. The van der Waals surface area contributed by atoms with Crippen molar-refractivity contribution in [3.05, 3.63) is 89.4 Å². The van der Waals surface area contributed by atoms with Crippen molar-refractivity contribution in [3.8, 4) is 11.5 Å². The van der Waals surface area contributed by atoms with Crippen LogP contribution in [0.4, 0.5) is 5.69 Å². The van der Waals surface area contributed by atoms with Crippen LogP contribution in [-0.4, -0.2) is 33.2 Å². The summed E-state index contributed by atoms with van der Waals surface area (Å²) in [6, 6.07) is 22.3. The fourth-order valence-corrected chi connectivity index (χ4v) is 4.52. The standard InChI is InChI=1S/C24H25ClN2O4S/c1-18(24(28)26-17-16-19-8-10-20(25)11-9-19)27(32(2,29)30)21-12-14-23(15-13-21)31-22-6-4-3-5-7-22/h3-15,18H,16-17H2,1-2H3,(H,26,28)/t18-/m0/s1. The van der Waals surface area contributed by atoms with Crippen LogP contribution < -0.4 is 14.4 Å². The maximum absolute atomic E-state index is 12.7. The second-order valence-corrected chi connectivity index (χ2v) is 9.61. The minimum absolute atomic E-state index is 0.381. The van der Waals surface area contributed by atoms with Gasteiger partial charge in [0.15, 0.2) is 0 Å². The molecule has 168 valence electrons. The second kappa shape index (κ2) is 10.5. The maximum atomic E-state index is 12.7. The van der Waals surface area contributed by atoms with E-state index in [9.17, 15) is 13.2 Å². The maximum Gasteiger partial charge on any atom is 0.243 e. The molecule has 0 aliphatic rings. The van der Waals surface area contributed by atoms with Crippen molar-refractivity contribution in [2.75, 3.05) is 17.1 Å². The Morgan fingerprint density at radius 3 is 2.16 bits per heavy atom. The molecule has 1 atom stereocenters. The number of hydrogen-bond donors (Lipinski definition) is 1. The molecule has 0 bridgehead atoms. The number of amides is 1. The quantitative estimate of drug-likeness (QED) is 0.492. The largest absolute Gasteiger partial charge is 0.457 e. The minimum Gasteiger partial charge on any atom is -0.457 e. The van der Waals surface area contributed by atoms with Crippen molar-refractivity contribution in [2.45, 2.75) is 19.4 Å². The first kappa shape index (κ1) is 23.6. The predicted molar refractivity (Wildman–Crippen MR) is 128 cm³/mol. The van der Waals surface area contributed by atoms with Gasteiger partial charge in [-0.3, -0.25) is 9.10 Å². The lowest BCUT2D eigenvalue weighted by atomic mass is 10.1. The smallest absolute Gasteiger partial charge is 0.243 e. The Kier molecular flexibility index (Phi) is 7.77. The molecule has 0 aliphatic heterocycles. The number of nitrogens with one attached hydrogen (secondary N) is 1. The number of halogens is 1. The Balaban J connectivity index is 1.67. The fraction of sp³-hybridized carbons (Fsp3) is 0.208. The Bertz CT molecular complexity index is 1130. The first-order chi connectivity index (χ1) is 15.2. The molecule has 1 amide bonds. The van der Waals surface area contributed by atoms with E-state index in [-0.39, 0.29) is 5.91 Å². The minimum atomic E-state index is -3.70. The zero-order chi connectivity index (χ0) is 23.1. The molecule has 32 heavy (non-hydrogen) atoms. The van der Waals surface area contributed by atoms with E-state index in [1.54, 1.807) is 43.3 Å². The van der Waals surface area contributed by atoms with Gasteiger partial charge in [-0.05, 0) is 67.4 Å². The van der Waals surface area contributed by atoms with Crippen LogP contribution in [0.25, 0.3) is 0 Å². The number of anilines is 1. The van der Waals surface area contributed by atoms with Crippen molar-refractivity contribution in [1.82, 2.24) is 5.32 Å². The number of benzene rings is 3. The van der Waals surface area contributed by atoms with Crippen LogP contribution in [0, 0.1) is 0 Å². The normalized spacial score (nSPS) is 12.1. The van der Waals surface area contributed by atoms with Gasteiger partial charge in [0.1, 0.15) is 17.5 Å². The van der Waals surface area contributed by atoms with E-state index in [1.807, 2.05) is 42.5 Å². The van der Waals surface area contributed by atoms with Gasteiger partial charge in [0.05, 0.1) is 11.9 Å². The molecule has 0 heterocycles. The number of ether oxygens (including phenoxy) is 1. The van der Waals surface area contributed by atoms with Gasteiger partial charge < -0.3 is 10.1 Å². The van der Waals surface area contributed by atoms with Crippen LogP contribution in [0.1, 0.15) is 12.5 Å². The van der Waals surface area contributed by atoms with E-state index in [0.717, 1.165) is 16.1 Å². The van der Waals surface area contributed by atoms with E-state index >= 15 is 0 Å². The van der Waals surface area contributed by atoms with E-state index in [2.05, 4.69) is 5.32 Å². The lowest BCUT2D eigenvalue weighted by Gasteiger charge is -2.28. The number of nitrogens with zero attached hydrogens (tertiary/aromatic N) is 1. The monoisotopic (exact) mass is 472 g/mol. The van der Waals surface area contributed by atoms with E-state index in [1.165, 1.54) is 0 Å². The van der Waals surface area contributed by atoms with Gasteiger partial charge in [-0.25, -0.2) is 8.42 Å². The van der Waals surface area contributed by atoms with Crippen molar-refractivity contribution in [1.29, 1.82) is 0 Å². The molecule has 3 aromatic rings. The van der Waals surface area contributed by atoms with Gasteiger partial charge in [0.25, 0.3) is 0 Å². The summed E-state index contributed by atoms with van der Waals surface area (Å²) in [5.41, 5.74) is 1.41. The highest BCUT2D eigenvalue weighted by atomic mass is 35.5. The van der Waals surface area contributed by atoms with Crippen LogP contribution in [0.5, 0.6) is 11.5 Å². The molecule has 0 aliphatic carbocycles. The van der Waals surface area contributed by atoms with Gasteiger partial charge in [-0.15, -0.1) is 0 Å². The molecule has 8 heteroatoms. The van der Waals surface area contributed by atoms with Crippen molar-refractivity contribution >= 4 is 33.2 Å². The summed E-state index contributed by atoms with van der Waals surface area (Å²) in [5.74, 6) is 0.858. The SMILES string of the molecule is C[C@@H](C(=O)NCCc1ccc(Cl)cc1)N(c1ccc(Oc2ccccc2)cc1)S(C)(=O)=O. The van der Waals surface area contributed by atoms with Crippen LogP contribution in [0.15, 0.2) is 78.9 Å². The lowest BCUT2D eigenvalue weighted by molar-refractivity contribution is -0.121. The average Bonchev–Trinajstić information content (AvgIpc) is 2.76. The molecule has 0 spiro atoms.